The van der Waals surface area contributed by atoms with Gasteiger partial charge in [0.05, 0.1) is 36.8 Å². The van der Waals surface area contributed by atoms with Crippen LogP contribution in [0.5, 0.6) is 5.88 Å². The molecule has 2 aromatic rings. The molecule has 0 unspecified atom stereocenters. The number of aromatic nitrogens is 2. The van der Waals surface area contributed by atoms with Gasteiger partial charge in [0, 0.05) is 26.2 Å². The predicted molar refractivity (Wildman–Crippen MR) is 103 cm³/mol. The average molecular weight is 370 g/mol. The summed E-state index contributed by atoms with van der Waals surface area (Å²) in [5, 5.41) is 0. The first-order valence-electron chi connectivity index (χ1n) is 9.77. The van der Waals surface area contributed by atoms with Gasteiger partial charge in [-0.25, -0.2) is 9.97 Å². The quantitative estimate of drug-likeness (QED) is 0.821. The third kappa shape index (κ3) is 3.83. The van der Waals surface area contributed by atoms with Crippen molar-refractivity contribution in [2.75, 3.05) is 50.9 Å². The molecule has 4 rings (SSSR count). The molecule has 2 saturated heterocycles. The van der Waals surface area contributed by atoms with E-state index in [2.05, 4.69) is 9.88 Å². The lowest BCUT2D eigenvalue weighted by atomic mass is 9.96. The maximum Gasteiger partial charge on any atom is 0.258 e. The minimum Gasteiger partial charge on any atom is -0.475 e. The molecular weight excluding hydrogens is 344 g/mol. The third-order valence-corrected chi connectivity index (χ3v) is 5.20. The smallest absolute Gasteiger partial charge is 0.258 e. The second-order valence-electron chi connectivity index (χ2n) is 7.00. The zero-order valence-corrected chi connectivity index (χ0v) is 15.8. The zero-order chi connectivity index (χ0) is 18.6. The second-order valence-corrected chi connectivity index (χ2v) is 7.00. The van der Waals surface area contributed by atoms with Gasteiger partial charge in [-0.1, -0.05) is 12.1 Å². The standard InChI is InChI=1S/C20H26N4O3/c1-2-27-19-18(21-16-7-3-4-8-17(16)22-19)24-9-5-6-15(14-24)20(25)23-10-12-26-13-11-23/h3-4,7-8,15H,2,5-6,9-14H2,1H3/t15-/m0/s1. The summed E-state index contributed by atoms with van der Waals surface area (Å²) in [6.07, 6.45) is 1.87. The lowest BCUT2D eigenvalue weighted by molar-refractivity contribution is -0.139. The molecule has 27 heavy (non-hydrogen) atoms. The molecule has 0 radical (unpaired) electrons. The summed E-state index contributed by atoms with van der Waals surface area (Å²) in [7, 11) is 0. The van der Waals surface area contributed by atoms with E-state index in [1.807, 2.05) is 36.1 Å². The van der Waals surface area contributed by atoms with Crippen molar-refractivity contribution in [1.29, 1.82) is 0 Å². The second kappa shape index (κ2) is 8.08. The first kappa shape index (κ1) is 18.0. The van der Waals surface area contributed by atoms with Crippen molar-refractivity contribution < 1.29 is 14.3 Å². The van der Waals surface area contributed by atoms with Crippen LogP contribution < -0.4 is 9.64 Å². The third-order valence-electron chi connectivity index (χ3n) is 5.20. The minimum absolute atomic E-state index is 0.0143. The molecule has 2 aliphatic rings. The summed E-state index contributed by atoms with van der Waals surface area (Å²) in [5.41, 5.74) is 1.67. The summed E-state index contributed by atoms with van der Waals surface area (Å²) in [4.78, 5) is 26.5. The molecular formula is C20H26N4O3. The molecule has 0 spiro atoms. The van der Waals surface area contributed by atoms with Gasteiger partial charge in [0.1, 0.15) is 0 Å². The van der Waals surface area contributed by atoms with Gasteiger partial charge >= 0.3 is 0 Å². The van der Waals surface area contributed by atoms with Crippen LogP contribution in [0.15, 0.2) is 24.3 Å². The van der Waals surface area contributed by atoms with Crippen molar-refractivity contribution in [1.82, 2.24) is 14.9 Å². The number of rotatable bonds is 4. The highest BCUT2D eigenvalue weighted by Crippen LogP contribution is 2.31. The van der Waals surface area contributed by atoms with Gasteiger partial charge in [-0.05, 0) is 31.9 Å². The van der Waals surface area contributed by atoms with E-state index in [1.54, 1.807) is 0 Å². The Hall–Kier alpha value is -2.41. The van der Waals surface area contributed by atoms with E-state index in [1.165, 1.54) is 0 Å². The van der Waals surface area contributed by atoms with Crippen LogP contribution in [-0.2, 0) is 9.53 Å². The molecule has 144 valence electrons. The van der Waals surface area contributed by atoms with Crippen LogP contribution in [0, 0.1) is 5.92 Å². The van der Waals surface area contributed by atoms with Crippen LogP contribution in [0.1, 0.15) is 19.8 Å². The van der Waals surface area contributed by atoms with Gasteiger partial charge in [-0.2, -0.15) is 0 Å². The zero-order valence-electron chi connectivity index (χ0n) is 15.8. The normalized spacial score (nSPS) is 20.7. The Morgan fingerprint density at radius 1 is 1.19 bits per heavy atom. The van der Waals surface area contributed by atoms with Gasteiger partial charge < -0.3 is 19.3 Å². The van der Waals surface area contributed by atoms with Gasteiger partial charge in [0.2, 0.25) is 5.91 Å². The molecule has 0 N–H and O–H groups in total. The number of nitrogens with zero attached hydrogens (tertiary/aromatic N) is 4. The van der Waals surface area contributed by atoms with Gasteiger partial charge in [-0.15, -0.1) is 0 Å². The monoisotopic (exact) mass is 370 g/mol. The molecule has 0 saturated carbocycles. The molecule has 1 aromatic carbocycles. The van der Waals surface area contributed by atoms with Crippen LogP contribution >= 0.6 is 0 Å². The van der Waals surface area contributed by atoms with Gasteiger partial charge in [-0.3, -0.25) is 4.79 Å². The molecule has 7 heteroatoms. The van der Waals surface area contributed by atoms with Crippen molar-refractivity contribution in [2.45, 2.75) is 19.8 Å². The highest BCUT2D eigenvalue weighted by atomic mass is 16.5. The molecule has 1 aromatic heterocycles. The summed E-state index contributed by atoms with van der Waals surface area (Å²) in [5.74, 6) is 1.51. The number of hydrogen-bond donors (Lipinski definition) is 0. The number of amides is 1. The van der Waals surface area contributed by atoms with Crippen LogP contribution in [0.3, 0.4) is 0 Å². The number of piperidine rings is 1. The molecule has 2 aliphatic heterocycles. The minimum atomic E-state index is -0.0143. The number of fused-ring (bicyclic) bond motifs is 1. The molecule has 1 atom stereocenters. The number of hydrogen-bond acceptors (Lipinski definition) is 6. The van der Waals surface area contributed by atoms with E-state index < -0.39 is 0 Å². The number of carbonyl (C=O) groups is 1. The maximum atomic E-state index is 12.9. The van der Waals surface area contributed by atoms with Crippen LogP contribution in [-0.4, -0.2) is 66.8 Å². The van der Waals surface area contributed by atoms with Crippen molar-refractivity contribution in [3.05, 3.63) is 24.3 Å². The molecule has 0 bridgehead atoms. The Morgan fingerprint density at radius 2 is 1.93 bits per heavy atom. The summed E-state index contributed by atoms with van der Waals surface area (Å²) >= 11 is 0. The molecule has 3 heterocycles. The fraction of sp³-hybridized carbons (Fsp3) is 0.550. The Morgan fingerprint density at radius 3 is 2.67 bits per heavy atom. The highest BCUT2D eigenvalue weighted by molar-refractivity contribution is 5.81. The number of benzene rings is 1. The van der Waals surface area contributed by atoms with Crippen molar-refractivity contribution in [3.63, 3.8) is 0 Å². The first-order chi connectivity index (χ1) is 13.3. The van der Waals surface area contributed by atoms with Crippen LogP contribution in [0.25, 0.3) is 11.0 Å². The fourth-order valence-corrected chi connectivity index (χ4v) is 3.83. The fourth-order valence-electron chi connectivity index (χ4n) is 3.83. The molecule has 0 aliphatic carbocycles. The SMILES string of the molecule is CCOc1nc2ccccc2nc1N1CCC[C@H](C(=O)N2CCOCC2)C1. The van der Waals surface area contributed by atoms with Crippen molar-refractivity contribution in [2.24, 2.45) is 5.92 Å². The van der Waals surface area contributed by atoms with E-state index >= 15 is 0 Å². The number of para-hydroxylation sites is 2. The summed E-state index contributed by atoms with van der Waals surface area (Å²) in [6.45, 7) is 6.64. The lowest BCUT2D eigenvalue weighted by Crippen LogP contribution is -2.48. The van der Waals surface area contributed by atoms with E-state index in [4.69, 9.17) is 14.5 Å². The Balaban J connectivity index is 1.58. The number of morpholine rings is 1. The number of carbonyl (C=O) groups excluding carboxylic acids is 1. The topological polar surface area (TPSA) is 67.8 Å². The largest absolute Gasteiger partial charge is 0.475 e. The highest BCUT2D eigenvalue weighted by Gasteiger charge is 2.32. The Labute approximate surface area is 159 Å². The predicted octanol–water partition coefficient (Wildman–Crippen LogP) is 2.10. The lowest BCUT2D eigenvalue weighted by Gasteiger charge is -2.36. The van der Waals surface area contributed by atoms with Gasteiger partial charge in [0.15, 0.2) is 5.82 Å². The average Bonchev–Trinajstić information content (AvgIpc) is 2.73. The van der Waals surface area contributed by atoms with Crippen molar-refractivity contribution in [3.8, 4) is 5.88 Å². The number of anilines is 1. The molecule has 7 nitrogen and oxygen atoms in total. The van der Waals surface area contributed by atoms with Crippen LogP contribution in [0.2, 0.25) is 0 Å². The molecule has 1 amide bonds. The van der Waals surface area contributed by atoms with Gasteiger partial charge in [0.25, 0.3) is 5.88 Å². The van der Waals surface area contributed by atoms with E-state index in [0.717, 1.165) is 36.2 Å². The summed E-state index contributed by atoms with van der Waals surface area (Å²) in [6, 6.07) is 7.81. The molecule has 2 fully saturated rings. The van der Waals surface area contributed by atoms with E-state index in [0.29, 0.717) is 45.3 Å². The number of ether oxygens (including phenoxy) is 2. The Bertz CT molecular complexity index is 807. The maximum absolute atomic E-state index is 12.9. The van der Waals surface area contributed by atoms with Crippen molar-refractivity contribution >= 4 is 22.8 Å². The Kier molecular flexibility index (Phi) is 5.38. The van der Waals surface area contributed by atoms with Crippen LogP contribution in [0.4, 0.5) is 5.82 Å². The van der Waals surface area contributed by atoms with E-state index in [-0.39, 0.29) is 11.8 Å². The van der Waals surface area contributed by atoms with E-state index in [9.17, 15) is 4.79 Å². The first-order valence-corrected chi connectivity index (χ1v) is 9.77. The summed E-state index contributed by atoms with van der Waals surface area (Å²) < 4.78 is 11.2.